The molecule has 0 aliphatic carbocycles. The SMILES string of the molecule is COP(=O)([O-])OCCNC(=O)Cc1ccccc1. The number of rotatable bonds is 7. The number of nitrogens with one attached hydrogen (secondary N) is 1. The fourth-order valence-corrected chi connectivity index (χ4v) is 1.66. The number of benzene rings is 1. The van der Waals surface area contributed by atoms with Crippen molar-refractivity contribution in [2.45, 2.75) is 6.42 Å². The van der Waals surface area contributed by atoms with Crippen molar-refractivity contribution < 1.29 is 23.3 Å². The summed E-state index contributed by atoms with van der Waals surface area (Å²) >= 11 is 0. The minimum absolute atomic E-state index is 0.112. The van der Waals surface area contributed by atoms with E-state index in [4.69, 9.17) is 0 Å². The van der Waals surface area contributed by atoms with Gasteiger partial charge in [-0.1, -0.05) is 30.3 Å². The van der Waals surface area contributed by atoms with Gasteiger partial charge in [-0.15, -0.1) is 0 Å². The highest BCUT2D eigenvalue weighted by molar-refractivity contribution is 7.45. The van der Waals surface area contributed by atoms with Crippen LogP contribution in [-0.4, -0.2) is 26.2 Å². The van der Waals surface area contributed by atoms with Crippen LogP contribution < -0.4 is 10.2 Å². The number of carbonyl (C=O) groups excluding carboxylic acids is 1. The molecule has 1 aromatic carbocycles. The Hall–Kier alpha value is -1.20. The lowest BCUT2D eigenvalue weighted by Crippen LogP contribution is -2.28. The Balaban J connectivity index is 2.20. The molecule has 0 aliphatic heterocycles. The molecule has 0 fully saturated rings. The second-order valence-corrected chi connectivity index (χ2v) is 4.99. The van der Waals surface area contributed by atoms with Crippen molar-refractivity contribution in [2.24, 2.45) is 0 Å². The molecule has 1 unspecified atom stereocenters. The Kier molecular flexibility index (Phi) is 6.01. The molecule has 6 nitrogen and oxygen atoms in total. The minimum atomic E-state index is -4.20. The lowest BCUT2D eigenvalue weighted by Gasteiger charge is -2.20. The molecule has 1 aromatic rings. The van der Waals surface area contributed by atoms with Gasteiger partial charge in [0.05, 0.1) is 13.0 Å². The van der Waals surface area contributed by atoms with Crippen LogP contribution in [-0.2, 0) is 24.8 Å². The summed E-state index contributed by atoms with van der Waals surface area (Å²) in [5, 5.41) is 2.55. The zero-order chi connectivity index (χ0) is 13.4. The molecule has 0 aromatic heterocycles. The van der Waals surface area contributed by atoms with Gasteiger partial charge in [0.2, 0.25) is 5.91 Å². The van der Waals surface area contributed by atoms with Crippen LogP contribution in [0.5, 0.6) is 0 Å². The summed E-state index contributed by atoms with van der Waals surface area (Å²) < 4.78 is 19.4. The van der Waals surface area contributed by atoms with E-state index in [2.05, 4.69) is 14.4 Å². The molecule has 0 spiro atoms. The molecule has 1 atom stereocenters. The Labute approximate surface area is 106 Å². The molecule has 0 aliphatic rings. The fourth-order valence-electron chi connectivity index (χ4n) is 1.24. The molecular weight excluding hydrogens is 257 g/mol. The predicted molar refractivity (Wildman–Crippen MR) is 63.7 cm³/mol. The number of hydrogen-bond acceptors (Lipinski definition) is 5. The van der Waals surface area contributed by atoms with E-state index in [-0.39, 0.29) is 25.5 Å². The predicted octanol–water partition coefficient (Wildman–Crippen LogP) is 0.477. The summed E-state index contributed by atoms with van der Waals surface area (Å²) in [5.74, 6) is -0.192. The van der Waals surface area contributed by atoms with E-state index in [1.807, 2.05) is 30.3 Å². The van der Waals surface area contributed by atoms with Gasteiger partial charge >= 0.3 is 0 Å². The number of phosphoric acid groups is 1. The van der Waals surface area contributed by atoms with Crippen molar-refractivity contribution in [1.82, 2.24) is 5.32 Å². The van der Waals surface area contributed by atoms with E-state index < -0.39 is 7.82 Å². The zero-order valence-electron chi connectivity index (χ0n) is 10.00. The van der Waals surface area contributed by atoms with Crippen LogP contribution in [0.25, 0.3) is 0 Å². The topological polar surface area (TPSA) is 87.7 Å². The summed E-state index contributed by atoms with van der Waals surface area (Å²) in [6, 6.07) is 9.24. The molecule has 0 saturated carbocycles. The van der Waals surface area contributed by atoms with Gasteiger partial charge in [0.15, 0.2) is 0 Å². The Morgan fingerprint density at radius 3 is 2.67 bits per heavy atom. The van der Waals surface area contributed by atoms with E-state index in [1.54, 1.807) is 0 Å². The van der Waals surface area contributed by atoms with Crippen LogP contribution in [0.15, 0.2) is 30.3 Å². The van der Waals surface area contributed by atoms with Crippen LogP contribution in [0.2, 0.25) is 0 Å². The van der Waals surface area contributed by atoms with Gasteiger partial charge in [0, 0.05) is 13.7 Å². The molecule has 0 bridgehead atoms. The van der Waals surface area contributed by atoms with E-state index in [0.717, 1.165) is 12.7 Å². The van der Waals surface area contributed by atoms with Crippen molar-refractivity contribution in [1.29, 1.82) is 0 Å². The standard InChI is InChI=1S/C11H16NO5P/c1-16-18(14,15)17-8-7-12-11(13)9-10-5-3-2-4-6-10/h2-6H,7-9H2,1H3,(H,12,13)(H,14,15)/p-1. The summed E-state index contributed by atoms with van der Waals surface area (Å²) in [6.07, 6.45) is 0.250. The van der Waals surface area contributed by atoms with E-state index in [1.165, 1.54) is 0 Å². The molecule has 18 heavy (non-hydrogen) atoms. The van der Waals surface area contributed by atoms with Crippen molar-refractivity contribution in [3.05, 3.63) is 35.9 Å². The molecular formula is C11H15NO5P-. The second kappa shape index (κ2) is 7.28. The first kappa shape index (κ1) is 14.9. The number of phosphoric ester groups is 1. The van der Waals surface area contributed by atoms with Crippen molar-refractivity contribution in [3.63, 3.8) is 0 Å². The van der Waals surface area contributed by atoms with Crippen LogP contribution >= 0.6 is 7.82 Å². The van der Waals surface area contributed by atoms with Crippen molar-refractivity contribution >= 4 is 13.7 Å². The van der Waals surface area contributed by atoms with Gasteiger partial charge in [0.25, 0.3) is 7.82 Å². The summed E-state index contributed by atoms with van der Waals surface area (Å²) in [7, 11) is -3.19. The van der Waals surface area contributed by atoms with Crippen LogP contribution in [0.1, 0.15) is 5.56 Å². The first-order valence-electron chi connectivity index (χ1n) is 5.35. The largest absolute Gasteiger partial charge is 0.756 e. The third-order valence-electron chi connectivity index (χ3n) is 2.10. The lowest BCUT2D eigenvalue weighted by molar-refractivity contribution is -0.222. The third-order valence-corrected chi connectivity index (χ3v) is 3.05. The van der Waals surface area contributed by atoms with Crippen LogP contribution in [0.4, 0.5) is 0 Å². The van der Waals surface area contributed by atoms with Crippen LogP contribution in [0.3, 0.4) is 0 Å². The van der Waals surface area contributed by atoms with Gasteiger partial charge in [-0.2, -0.15) is 0 Å². The highest BCUT2D eigenvalue weighted by Gasteiger charge is 2.06. The first-order valence-corrected chi connectivity index (χ1v) is 6.81. The quantitative estimate of drug-likeness (QED) is 0.576. The molecule has 0 radical (unpaired) electrons. The molecule has 1 amide bonds. The Morgan fingerprint density at radius 2 is 2.06 bits per heavy atom. The maximum atomic E-state index is 11.5. The third kappa shape index (κ3) is 5.93. The maximum Gasteiger partial charge on any atom is 0.267 e. The van der Waals surface area contributed by atoms with E-state index >= 15 is 0 Å². The lowest BCUT2D eigenvalue weighted by atomic mass is 10.1. The van der Waals surface area contributed by atoms with E-state index in [9.17, 15) is 14.3 Å². The summed E-state index contributed by atoms with van der Waals surface area (Å²) in [4.78, 5) is 22.3. The molecule has 1 N–H and O–H groups in total. The van der Waals surface area contributed by atoms with Gasteiger partial charge < -0.3 is 19.3 Å². The van der Waals surface area contributed by atoms with Gasteiger partial charge in [-0.3, -0.25) is 9.36 Å². The smallest absolute Gasteiger partial charge is 0.267 e. The minimum Gasteiger partial charge on any atom is -0.756 e. The molecule has 1 rings (SSSR count). The number of hydrogen-bond donors (Lipinski definition) is 1. The Morgan fingerprint density at radius 1 is 1.39 bits per heavy atom. The fraction of sp³-hybridized carbons (Fsp3) is 0.364. The zero-order valence-corrected chi connectivity index (χ0v) is 10.9. The Bertz CT molecular complexity index is 423. The van der Waals surface area contributed by atoms with Gasteiger partial charge in [-0.05, 0) is 5.56 Å². The highest BCUT2D eigenvalue weighted by Crippen LogP contribution is 2.36. The van der Waals surface area contributed by atoms with Gasteiger partial charge in [-0.25, -0.2) is 0 Å². The van der Waals surface area contributed by atoms with Gasteiger partial charge in [0.1, 0.15) is 0 Å². The first-order chi connectivity index (χ1) is 8.53. The second-order valence-electron chi connectivity index (χ2n) is 3.48. The molecule has 0 saturated heterocycles. The number of carbonyl (C=O) groups is 1. The normalized spacial score (nSPS) is 13.9. The summed E-state index contributed by atoms with van der Waals surface area (Å²) in [5.41, 5.74) is 0.891. The monoisotopic (exact) mass is 272 g/mol. The molecule has 100 valence electrons. The van der Waals surface area contributed by atoms with Crippen LogP contribution in [0, 0.1) is 0 Å². The van der Waals surface area contributed by atoms with Crippen molar-refractivity contribution in [3.8, 4) is 0 Å². The van der Waals surface area contributed by atoms with Crippen molar-refractivity contribution in [2.75, 3.05) is 20.3 Å². The highest BCUT2D eigenvalue weighted by atomic mass is 31.2. The van der Waals surface area contributed by atoms with E-state index in [0.29, 0.717) is 0 Å². The maximum absolute atomic E-state index is 11.5. The average molecular weight is 272 g/mol. The average Bonchev–Trinajstić information content (AvgIpc) is 2.36. The summed E-state index contributed by atoms with van der Waals surface area (Å²) in [6.45, 7) is -0.0313. The molecule has 0 heterocycles. The number of amides is 1. The molecule has 7 heteroatoms.